The molecule has 1 saturated carbocycles. The van der Waals surface area contributed by atoms with Crippen LogP contribution in [0.1, 0.15) is 50.8 Å². The first-order valence-electron chi connectivity index (χ1n) is 7.81. The molecule has 0 spiro atoms. The number of hydrogen-bond donors (Lipinski definition) is 2. The first-order chi connectivity index (χ1) is 10.5. The lowest BCUT2D eigenvalue weighted by Gasteiger charge is -2.22. The number of hydrogen-bond acceptors (Lipinski definition) is 4. The molecule has 0 aliphatic heterocycles. The summed E-state index contributed by atoms with van der Waals surface area (Å²) in [5.74, 6) is -0.139. The maximum atomic E-state index is 12.7. The Kier molecular flexibility index (Phi) is 3.54. The van der Waals surface area contributed by atoms with Gasteiger partial charge in [-0.1, -0.05) is 19.8 Å². The number of rotatable bonds is 4. The van der Waals surface area contributed by atoms with Crippen LogP contribution in [0.2, 0.25) is 0 Å². The van der Waals surface area contributed by atoms with E-state index in [9.17, 15) is 19.5 Å². The van der Waals surface area contributed by atoms with Gasteiger partial charge >= 0.3 is 0 Å². The highest BCUT2D eigenvalue weighted by Crippen LogP contribution is 2.36. The van der Waals surface area contributed by atoms with E-state index in [4.69, 9.17) is 0 Å². The van der Waals surface area contributed by atoms with Gasteiger partial charge in [0.15, 0.2) is 5.75 Å². The SMILES string of the molecule is CCC(C1CCCC1)n1[nH]c(C)c(-c2c(O)c(=O)c2=O)c1=O. The molecule has 0 amide bonds. The minimum absolute atomic E-state index is 0.0658. The van der Waals surface area contributed by atoms with Gasteiger partial charge in [-0.05, 0) is 32.1 Å². The fraction of sp³-hybridized carbons (Fsp3) is 0.562. The third kappa shape index (κ3) is 1.97. The lowest BCUT2D eigenvalue weighted by atomic mass is 9.96. The molecule has 1 aromatic heterocycles. The Balaban J connectivity index is 2.09. The summed E-state index contributed by atoms with van der Waals surface area (Å²) in [6.07, 6.45) is 5.39. The van der Waals surface area contributed by atoms with Gasteiger partial charge in [0.05, 0.1) is 17.2 Å². The zero-order valence-electron chi connectivity index (χ0n) is 12.8. The Hall–Kier alpha value is -2.11. The molecule has 1 fully saturated rings. The van der Waals surface area contributed by atoms with E-state index in [-0.39, 0.29) is 22.7 Å². The van der Waals surface area contributed by atoms with Crippen molar-refractivity contribution in [3.63, 3.8) is 0 Å². The van der Waals surface area contributed by atoms with Gasteiger partial charge in [-0.2, -0.15) is 0 Å². The first kappa shape index (κ1) is 14.8. The number of aromatic hydroxyl groups is 1. The molecule has 1 aliphatic carbocycles. The van der Waals surface area contributed by atoms with Gasteiger partial charge < -0.3 is 5.11 Å². The Morgan fingerprint density at radius 2 is 1.82 bits per heavy atom. The van der Waals surface area contributed by atoms with Crippen molar-refractivity contribution < 1.29 is 5.11 Å². The van der Waals surface area contributed by atoms with Crippen LogP contribution in [0, 0.1) is 12.8 Å². The van der Waals surface area contributed by atoms with Crippen LogP contribution in [0.5, 0.6) is 5.75 Å². The van der Waals surface area contributed by atoms with Gasteiger partial charge in [0.2, 0.25) is 5.43 Å². The second-order valence-electron chi connectivity index (χ2n) is 6.19. The molecule has 22 heavy (non-hydrogen) atoms. The van der Waals surface area contributed by atoms with Crippen molar-refractivity contribution in [1.29, 1.82) is 0 Å². The molecule has 1 heterocycles. The summed E-state index contributed by atoms with van der Waals surface area (Å²) < 4.78 is 1.58. The third-order valence-electron chi connectivity index (χ3n) is 4.92. The van der Waals surface area contributed by atoms with Crippen molar-refractivity contribution in [2.24, 2.45) is 5.92 Å². The number of nitrogens with one attached hydrogen (secondary N) is 1. The van der Waals surface area contributed by atoms with Gasteiger partial charge in [0, 0.05) is 5.69 Å². The molecule has 1 aliphatic rings. The maximum Gasteiger partial charge on any atom is 0.275 e. The zero-order chi connectivity index (χ0) is 16.0. The highest BCUT2D eigenvalue weighted by atomic mass is 16.3. The molecule has 0 radical (unpaired) electrons. The Bertz CT molecular complexity index is 829. The summed E-state index contributed by atoms with van der Waals surface area (Å²) >= 11 is 0. The van der Waals surface area contributed by atoms with E-state index < -0.39 is 16.6 Å². The quantitative estimate of drug-likeness (QED) is 0.839. The van der Waals surface area contributed by atoms with Crippen LogP contribution in [0.25, 0.3) is 11.1 Å². The Morgan fingerprint density at radius 1 is 1.18 bits per heavy atom. The second-order valence-corrected chi connectivity index (χ2v) is 6.19. The van der Waals surface area contributed by atoms with Crippen molar-refractivity contribution in [1.82, 2.24) is 9.78 Å². The van der Waals surface area contributed by atoms with Gasteiger partial charge in [-0.15, -0.1) is 0 Å². The van der Waals surface area contributed by atoms with Crippen LogP contribution < -0.4 is 16.4 Å². The van der Waals surface area contributed by atoms with Crippen LogP contribution in [0.3, 0.4) is 0 Å². The lowest BCUT2D eigenvalue weighted by molar-refractivity contribution is 0.295. The molecule has 0 bridgehead atoms. The van der Waals surface area contributed by atoms with E-state index in [1.54, 1.807) is 11.6 Å². The van der Waals surface area contributed by atoms with E-state index in [2.05, 4.69) is 5.10 Å². The Morgan fingerprint density at radius 3 is 2.36 bits per heavy atom. The zero-order valence-corrected chi connectivity index (χ0v) is 12.8. The number of aryl methyl sites for hydroxylation is 1. The molecule has 1 atom stereocenters. The summed E-state index contributed by atoms with van der Waals surface area (Å²) in [5, 5.41) is 12.7. The van der Waals surface area contributed by atoms with Crippen molar-refractivity contribution >= 4 is 0 Å². The summed E-state index contributed by atoms with van der Waals surface area (Å²) in [6.45, 7) is 3.73. The predicted octanol–water partition coefficient (Wildman–Crippen LogP) is 1.59. The average molecular weight is 304 g/mol. The van der Waals surface area contributed by atoms with Gasteiger partial charge in [-0.3, -0.25) is 19.5 Å². The summed E-state index contributed by atoms with van der Waals surface area (Å²) in [7, 11) is 0. The minimum Gasteiger partial charge on any atom is -0.503 e. The minimum atomic E-state index is -0.913. The predicted molar refractivity (Wildman–Crippen MR) is 83.1 cm³/mol. The van der Waals surface area contributed by atoms with Crippen LogP contribution >= 0.6 is 0 Å². The van der Waals surface area contributed by atoms with Crippen LogP contribution in [-0.4, -0.2) is 14.9 Å². The van der Waals surface area contributed by atoms with Crippen molar-refractivity contribution in [3.05, 3.63) is 36.5 Å². The lowest BCUT2D eigenvalue weighted by Crippen LogP contribution is -2.34. The molecule has 6 heteroatoms. The first-order valence-corrected chi connectivity index (χ1v) is 7.81. The van der Waals surface area contributed by atoms with Crippen LogP contribution in [-0.2, 0) is 0 Å². The maximum absolute atomic E-state index is 12.7. The average Bonchev–Trinajstić information content (AvgIpc) is 3.12. The van der Waals surface area contributed by atoms with Gasteiger partial charge in [0.25, 0.3) is 11.0 Å². The third-order valence-corrected chi connectivity index (χ3v) is 4.92. The van der Waals surface area contributed by atoms with Crippen LogP contribution in [0.15, 0.2) is 14.4 Å². The van der Waals surface area contributed by atoms with E-state index in [1.807, 2.05) is 6.92 Å². The molecule has 3 rings (SSSR count). The fourth-order valence-corrected chi connectivity index (χ4v) is 3.78. The molecule has 0 saturated heterocycles. The van der Waals surface area contributed by atoms with E-state index in [0.29, 0.717) is 11.6 Å². The topological polar surface area (TPSA) is 92.2 Å². The standard InChI is InChI=1S/C16H20N2O4/c1-3-10(9-6-4-5-7-9)18-16(22)11(8(2)17-18)12-13(19)15(21)14(12)20/h9-10,17,19H,3-7H2,1-2H3. The number of aromatic nitrogens is 2. The van der Waals surface area contributed by atoms with E-state index >= 15 is 0 Å². The van der Waals surface area contributed by atoms with Crippen molar-refractivity contribution in [2.45, 2.75) is 52.0 Å². The number of nitrogens with zero attached hydrogens (tertiary/aromatic N) is 1. The number of H-pyrrole nitrogens is 1. The molecular weight excluding hydrogens is 284 g/mol. The van der Waals surface area contributed by atoms with Gasteiger partial charge in [0.1, 0.15) is 0 Å². The van der Waals surface area contributed by atoms with E-state index in [1.165, 1.54) is 12.8 Å². The second kappa shape index (κ2) is 5.26. The molecule has 1 aromatic carbocycles. The molecule has 2 aromatic rings. The molecular formula is C16H20N2O4. The summed E-state index contributed by atoms with van der Waals surface area (Å²) in [6, 6.07) is 0.0658. The molecule has 118 valence electrons. The summed E-state index contributed by atoms with van der Waals surface area (Å²) in [5.41, 5.74) is -1.49. The van der Waals surface area contributed by atoms with Gasteiger partial charge in [-0.25, -0.2) is 4.68 Å². The van der Waals surface area contributed by atoms with E-state index in [0.717, 1.165) is 19.3 Å². The monoisotopic (exact) mass is 304 g/mol. The van der Waals surface area contributed by atoms with Crippen molar-refractivity contribution in [3.8, 4) is 16.9 Å². The highest BCUT2D eigenvalue weighted by molar-refractivity contribution is 5.74. The van der Waals surface area contributed by atoms with Crippen LogP contribution in [0.4, 0.5) is 0 Å². The Labute approximate surface area is 127 Å². The number of aromatic amines is 1. The highest BCUT2D eigenvalue weighted by Gasteiger charge is 2.31. The normalized spacial score (nSPS) is 17.4. The summed E-state index contributed by atoms with van der Waals surface area (Å²) in [4.78, 5) is 35.6. The van der Waals surface area contributed by atoms with Crippen molar-refractivity contribution in [2.75, 3.05) is 0 Å². The smallest absolute Gasteiger partial charge is 0.275 e. The fourth-order valence-electron chi connectivity index (χ4n) is 3.78. The molecule has 1 unspecified atom stereocenters. The largest absolute Gasteiger partial charge is 0.503 e. The molecule has 2 N–H and O–H groups in total. The molecule has 6 nitrogen and oxygen atoms in total.